The number of carbonyl (C=O) groups excluding carboxylic acids is 1. The highest BCUT2D eigenvalue weighted by Gasteiger charge is 2.28. The molecule has 1 saturated carbocycles. The molecule has 1 aromatic heterocycles. The second-order valence-electron chi connectivity index (χ2n) is 7.42. The van der Waals surface area contributed by atoms with E-state index >= 15 is 0 Å². The van der Waals surface area contributed by atoms with Crippen LogP contribution in [0.25, 0.3) is 0 Å². The van der Waals surface area contributed by atoms with Crippen LogP contribution in [0.1, 0.15) is 69.9 Å². The lowest BCUT2D eigenvalue weighted by molar-refractivity contribution is 0.0705. The highest BCUT2D eigenvalue weighted by molar-refractivity contribution is 5.93. The number of nitrogens with zero attached hydrogens (tertiary/aromatic N) is 2. The Morgan fingerprint density at radius 1 is 1.48 bits per heavy atom. The van der Waals surface area contributed by atoms with Crippen molar-refractivity contribution in [2.45, 2.75) is 58.4 Å². The number of hydrogen-bond acceptors (Lipinski definition) is 4. The molecule has 5 nitrogen and oxygen atoms in total. The predicted molar refractivity (Wildman–Crippen MR) is 92.5 cm³/mol. The molecule has 0 unspecified atom stereocenters. The second-order valence-corrected chi connectivity index (χ2v) is 7.42. The van der Waals surface area contributed by atoms with E-state index in [4.69, 9.17) is 5.21 Å². The molecule has 0 spiro atoms. The summed E-state index contributed by atoms with van der Waals surface area (Å²) in [5.41, 5.74) is 4.87. The monoisotopic (exact) mass is 321 g/mol. The molecule has 1 amide bonds. The van der Waals surface area contributed by atoms with E-state index in [2.05, 4.69) is 16.8 Å². The topological polar surface area (TPSA) is 65.5 Å². The van der Waals surface area contributed by atoms with Crippen molar-refractivity contribution in [2.75, 3.05) is 13.1 Å². The molecule has 0 atom stereocenters. The number of fused-ring (bicyclic) bond motifs is 1. The molecule has 1 fully saturated rings. The number of carbonyl (C=O) groups is 1. The van der Waals surface area contributed by atoms with Crippen LogP contribution in [0.2, 0.25) is 0 Å². The van der Waals surface area contributed by atoms with Crippen LogP contribution in [0.5, 0.6) is 0 Å². The van der Waals surface area contributed by atoms with Crippen molar-refractivity contribution >= 4 is 5.91 Å². The molecule has 0 saturated heterocycles. The van der Waals surface area contributed by atoms with Gasteiger partial charge in [-0.25, -0.2) is 5.48 Å². The van der Waals surface area contributed by atoms with Gasteiger partial charge >= 0.3 is 0 Å². The lowest BCUT2D eigenvalue weighted by atomic mass is 9.84. The van der Waals surface area contributed by atoms with Gasteiger partial charge in [0.15, 0.2) is 0 Å². The van der Waals surface area contributed by atoms with Crippen molar-refractivity contribution in [3.63, 3.8) is 0 Å². The van der Waals surface area contributed by atoms with E-state index in [9.17, 15) is 4.79 Å². The molecule has 0 radical (unpaired) electrons. The average Bonchev–Trinajstić information content (AvgIpc) is 3.00. The molecule has 130 valence electrons. The highest BCUT2D eigenvalue weighted by Crippen LogP contribution is 2.41. The van der Waals surface area contributed by atoms with Gasteiger partial charge in [0.2, 0.25) is 0 Å². The van der Waals surface area contributed by atoms with Crippen LogP contribution in [0.15, 0.2) is 12.3 Å². The van der Waals surface area contributed by atoms with Crippen molar-refractivity contribution in [1.29, 1.82) is 0 Å². The van der Waals surface area contributed by atoms with Gasteiger partial charge in [0, 0.05) is 22.1 Å². The van der Waals surface area contributed by atoms with Crippen LogP contribution in [-0.4, -0.2) is 34.1 Å². The summed E-state index contributed by atoms with van der Waals surface area (Å²) >= 11 is 0. The van der Waals surface area contributed by atoms with Crippen LogP contribution in [-0.2, 0) is 13.0 Å². The van der Waals surface area contributed by atoms with Gasteiger partial charge in [-0.05, 0) is 55.7 Å². The number of aromatic nitrogens is 1. The normalized spacial score (nSPS) is 20.3. The molecular formula is C18H31N3O2. The summed E-state index contributed by atoms with van der Waals surface area (Å²) in [6.07, 6.45) is 10.7. The summed E-state index contributed by atoms with van der Waals surface area (Å²) in [7, 11) is 0. The Labute approximate surface area is 141 Å². The molecule has 1 aromatic rings. The molecule has 2 heterocycles. The van der Waals surface area contributed by atoms with Crippen molar-refractivity contribution < 1.29 is 12.9 Å². The molecule has 3 rings (SSSR count). The Hall–Kier alpha value is -1.46. The summed E-state index contributed by atoms with van der Waals surface area (Å²) in [6.45, 7) is 5.47. The third-order valence-electron chi connectivity index (χ3n) is 5.56. The Morgan fingerprint density at radius 2 is 2.26 bits per heavy atom. The van der Waals surface area contributed by atoms with Gasteiger partial charge in [0.1, 0.15) is 0 Å². The zero-order valence-electron chi connectivity index (χ0n) is 14.0. The van der Waals surface area contributed by atoms with Gasteiger partial charge in [0.25, 0.3) is 5.91 Å². The molecule has 0 bridgehead atoms. The van der Waals surface area contributed by atoms with Gasteiger partial charge < -0.3 is 0 Å². The third-order valence-corrected chi connectivity index (χ3v) is 5.56. The first-order valence-corrected chi connectivity index (χ1v) is 8.74. The Balaban J connectivity index is 0.00000156. The van der Waals surface area contributed by atoms with Gasteiger partial charge in [-0.1, -0.05) is 19.8 Å². The maximum Gasteiger partial charge on any atom is 0.276 e. The molecule has 1 aliphatic heterocycles. The SMILES string of the molecule is CC1(CCCN2CCc3cc(C(=O)NO)cnc3C2)CCCC1.[HH].[HH]. The van der Waals surface area contributed by atoms with E-state index in [1.165, 1.54) is 38.5 Å². The summed E-state index contributed by atoms with van der Waals surface area (Å²) in [4.78, 5) is 18.3. The van der Waals surface area contributed by atoms with Crippen molar-refractivity contribution in [1.82, 2.24) is 15.4 Å². The van der Waals surface area contributed by atoms with Gasteiger partial charge in [-0.15, -0.1) is 0 Å². The lowest BCUT2D eigenvalue weighted by Crippen LogP contribution is -2.33. The minimum Gasteiger partial charge on any atom is -0.297 e. The number of hydroxylamine groups is 1. The zero-order valence-corrected chi connectivity index (χ0v) is 14.0. The quantitative estimate of drug-likeness (QED) is 0.644. The molecule has 23 heavy (non-hydrogen) atoms. The zero-order chi connectivity index (χ0) is 16.3. The summed E-state index contributed by atoms with van der Waals surface area (Å²) in [6, 6.07) is 1.85. The minimum absolute atomic E-state index is 0. The van der Waals surface area contributed by atoms with Crippen LogP contribution in [0.3, 0.4) is 0 Å². The van der Waals surface area contributed by atoms with Crippen LogP contribution < -0.4 is 5.48 Å². The van der Waals surface area contributed by atoms with E-state index < -0.39 is 5.91 Å². The molecule has 5 heteroatoms. The van der Waals surface area contributed by atoms with Gasteiger partial charge in [-0.2, -0.15) is 0 Å². The van der Waals surface area contributed by atoms with E-state index in [0.717, 1.165) is 37.3 Å². The number of amides is 1. The standard InChI is InChI=1S/C18H27N3O2.2H2/c1-18(6-2-3-7-18)8-4-9-21-10-5-14-11-15(17(22)20-23)12-19-16(14)13-21;;/h11-12,23H,2-10,13H2,1H3,(H,20,22);2*1H. The van der Waals surface area contributed by atoms with Crippen LogP contribution in [0, 0.1) is 5.41 Å². The smallest absolute Gasteiger partial charge is 0.276 e. The van der Waals surface area contributed by atoms with E-state index in [1.54, 1.807) is 11.7 Å². The Kier molecular flexibility index (Phi) is 4.97. The summed E-state index contributed by atoms with van der Waals surface area (Å²) in [5, 5.41) is 8.71. The fourth-order valence-corrected chi connectivity index (χ4v) is 4.05. The summed E-state index contributed by atoms with van der Waals surface area (Å²) in [5.74, 6) is -0.493. The molecule has 1 aliphatic carbocycles. The molecule has 2 aliphatic rings. The number of hydrogen-bond donors (Lipinski definition) is 2. The Bertz CT molecular complexity index is 577. The van der Waals surface area contributed by atoms with Crippen LogP contribution >= 0.6 is 0 Å². The first-order valence-electron chi connectivity index (χ1n) is 8.74. The Morgan fingerprint density at radius 3 is 3.00 bits per heavy atom. The third kappa shape index (κ3) is 3.90. The number of nitrogens with one attached hydrogen (secondary N) is 1. The fraction of sp³-hybridized carbons (Fsp3) is 0.667. The maximum absolute atomic E-state index is 11.4. The first kappa shape index (κ1) is 16.4. The predicted octanol–water partition coefficient (Wildman–Crippen LogP) is 3.41. The first-order chi connectivity index (χ1) is 11.1. The largest absolute Gasteiger partial charge is 0.297 e. The number of rotatable bonds is 5. The van der Waals surface area contributed by atoms with Gasteiger partial charge in [-0.3, -0.25) is 19.9 Å². The van der Waals surface area contributed by atoms with E-state index in [1.807, 2.05) is 6.07 Å². The number of pyridine rings is 1. The highest BCUT2D eigenvalue weighted by atomic mass is 16.5. The molecule has 2 N–H and O–H groups in total. The average molecular weight is 321 g/mol. The fourth-order valence-electron chi connectivity index (χ4n) is 4.05. The van der Waals surface area contributed by atoms with Crippen molar-refractivity contribution in [2.24, 2.45) is 5.41 Å². The lowest BCUT2D eigenvalue weighted by Gasteiger charge is -2.30. The van der Waals surface area contributed by atoms with Gasteiger partial charge in [0.05, 0.1) is 11.3 Å². The maximum atomic E-state index is 11.4. The molecule has 0 aromatic carbocycles. The van der Waals surface area contributed by atoms with E-state index in [0.29, 0.717) is 11.0 Å². The van der Waals surface area contributed by atoms with Crippen molar-refractivity contribution in [3.05, 3.63) is 29.1 Å². The second kappa shape index (κ2) is 6.97. The molecular weight excluding hydrogens is 290 g/mol. The van der Waals surface area contributed by atoms with Crippen LogP contribution in [0.4, 0.5) is 0 Å². The van der Waals surface area contributed by atoms with Crippen molar-refractivity contribution in [3.8, 4) is 0 Å². The van der Waals surface area contributed by atoms with E-state index in [-0.39, 0.29) is 2.85 Å². The summed E-state index contributed by atoms with van der Waals surface area (Å²) < 4.78 is 0. The minimum atomic E-state index is -0.493.